The van der Waals surface area contributed by atoms with Gasteiger partial charge in [0.1, 0.15) is 0 Å². The number of anilines is 1. The van der Waals surface area contributed by atoms with Crippen molar-refractivity contribution in [3.05, 3.63) is 29.8 Å². The number of nitrogens with zero attached hydrogens (tertiary/aromatic N) is 2. The Morgan fingerprint density at radius 2 is 2.10 bits per heavy atom. The lowest BCUT2D eigenvalue weighted by Gasteiger charge is -2.38. The first-order chi connectivity index (χ1) is 9.84. The normalized spacial score (nSPS) is 18.6. The van der Waals surface area contributed by atoms with Crippen molar-refractivity contribution >= 4 is 21.9 Å². The van der Waals surface area contributed by atoms with Crippen molar-refractivity contribution in [2.24, 2.45) is 0 Å². The first kappa shape index (κ1) is 15.8. The summed E-state index contributed by atoms with van der Waals surface area (Å²) in [5, 5.41) is 8.71. The molecule has 1 aliphatic rings. The molecule has 1 heterocycles. The molecule has 0 aliphatic carbocycles. The van der Waals surface area contributed by atoms with Crippen LogP contribution in [0.2, 0.25) is 0 Å². The maximum absolute atomic E-state index is 12.7. The SMILES string of the molecule is CC1CCc2ccccc2N1S(=O)(=O)N(C)CCC(=O)O. The number of rotatable bonds is 5. The Hall–Kier alpha value is -1.60. The van der Waals surface area contributed by atoms with Gasteiger partial charge in [0.15, 0.2) is 0 Å². The summed E-state index contributed by atoms with van der Waals surface area (Å²) in [4.78, 5) is 10.6. The lowest BCUT2D eigenvalue weighted by Crippen LogP contribution is -2.49. The van der Waals surface area contributed by atoms with Crippen molar-refractivity contribution in [1.29, 1.82) is 0 Å². The molecule has 0 bridgehead atoms. The van der Waals surface area contributed by atoms with E-state index in [1.54, 1.807) is 6.07 Å². The van der Waals surface area contributed by atoms with Crippen LogP contribution in [0.3, 0.4) is 0 Å². The molecule has 1 aromatic carbocycles. The van der Waals surface area contributed by atoms with Gasteiger partial charge < -0.3 is 5.11 Å². The summed E-state index contributed by atoms with van der Waals surface area (Å²) in [5.41, 5.74) is 1.70. The van der Waals surface area contributed by atoms with Crippen LogP contribution in [-0.4, -0.2) is 43.4 Å². The second kappa shape index (κ2) is 6.03. The van der Waals surface area contributed by atoms with E-state index in [9.17, 15) is 13.2 Å². The Balaban J connectivity index is 2.32. The molecule has 116 valence electrons. The number of hydrogen-bond acceptors (Lipinski definition) is 3. The third kappa shape index (κ3) is 3.19. The number of benzene rings is 1. The van der Waals surface area contributed by atoms with E-state index >= 15 is 0 Å². The summed E-state index contributed by atoms with van der Waals surface area (Å²) in [6.07, 6.45) is 1.39. The number of aryl methyl sites for hydroxylation is 1. The summed E-state index contributed by atoms with van der Waals surface area (Å²) in [6.45, 7) is 1.83. The van der Waals surface area contributed by atoms with Crippen LogP contribution in [0, 0.1) is 0 Å². The van der Waals surface area contributed by atoms with Crippen molar-refractivity contribution in [1.82, 2.24) is 4.31 Å². The molecule has 2 rings (SSSR count). The lowest BCUT2D eigenvalue weighted by atomic mass is 9.99. The van der Waals surface area contributed by atoms with Crippen molar-refractivity contribution in [2.75, 3.05) is 17.9 Å². The first-order valence-electron chi connectivity index (χ1n) is 6.89. The molecule has 21 heavy (non-hydrogen) atoms. The van der Waals surface area contributed by atoms with Crippen LogP contribution in [0.1, 0.15) is 25.3 Å². The number of hydrogen-bond donors (Lipinski definition) is 1. The van der Waals surface area contributed by atoms with Crippen LogP contribution in [0.25, 0.3) is 0 Å². The van der Waals surface area contributed by atoms with E-state index in [0.717, 1.165) is 22.7 Å². The van der Waals surface area contributed by atoms with Crippen LogP contribution < -0.4 is 4.31 Å². The average Bonchev–Trinajstić information content (AvgIpc) is 2.44. The molecule has 1 atom stereocenters. The molecule has 0 saturated heterocycles. The lowest BCUT2D eigenvalue weighted by molar-refractivity contribution is -0.137. The van der Waals surface area contributed by atoms with Gasteiger partial charge in [-0.1, -0.05) is 18.2 Å². The highest BCUT2D eigenvalue weighted by Crippen LogP contribution is 2.33. The van der Waals surface area contributed by atoms with E-state index in [-0.39, 0.29) is 19.0 Å². The van der Waals surface area contributed by atoms with E-state index in [2.05, 4.69) is 0 Å². The van der Waals surface area contributed by atoms with Crippen LogP contribution >= 0.6 is 0 Å². The van der Waals surface area contributed by atoms with Gasteiger partial charge in [-0.25, -0.2) is 0 Å². The zero-order valence-corrected chi connectivity index (χ0v) is 13.0. The standard InChI is InChI=1S/C14H20N2O4S/c1-11-7-8-12-5-3-4-6-13(12)16(11)21(19,20)15(2)10-9-14(17)18/h3-6,11H,7-10H2,1-2H3,(H,17,18). The van der Waals surface area contributed by atoms with Gasteiger partial charge in [0.25, 0.3) is 0 Å². The number of para-hydroxylation sites is 1. The van der Waals surface area contributed by atoms with Crippen molar-refractivity contribution in [3.63, 3.8) is 0 Å². The number of carbonyl (C=O) groups is 1. The minimum Gasteiger partial charge on any atom is -0.481 e. The van der Waals surface area contributed by atoms with Gasteiger partial charge in [-0.15, -0.1) is 0 Å². The topological polar surface area (TPSA) is 77.9 Å². The molecule has 6 nitrogen and oxygen atoms in total. The number of aliphatic carboxylic acids is 1. The Kier molecular flexibility index (Phi) is 4.53. The monoisotopic (exact) mass is 312 g/mol. The largest absolute Gasteiger partial charge is 0.481 e. The first-order valence-corrected chi connectivity index (χ1v) is 8.29. The molecule has 0 radical (unpaired) electrons. The van der Waals surface area contributed by atoms with Gasteiger partial charge in [-0.05, 0) is 31.4 Å². The summed E-state index contributed by atoms with van der Waals surface area (Å²) in [6, 6.07) is 7.30. The van der Waals surface area contributed by atoms with Crippen molar-refractivity contribution < 1.29 is 18.3 Å². The minimum absolute atomic E-state index is 0.0386. The van der Waals surface area contributed by atoms with Gasteiger partial charge in [-0.2, -0.15) is 12.7 Å². The zero-order valence-electron chi connectivity index (χ0n) is 12.2. The predicted molar refractivity (Wildman–Crippen MR) is 80.5 cm³/mol. The molecule has 1 aliphatic heterocycles. The summed E-state index contributed by atoms with van der Waals surface area (Å²) in [5.74, 6) is -1.01. The van der Waals surface area contributed by atoms with Crippen LogP contribution in [0.5, 0.6) is 0 Å². The van der Waals surface area contributed by atoms with Crippen LogP contribution in [-0.2, 0) is 21.4 Å². The third-order valence-corrected chi connectivity index (χ3v) is 5.77. The van der Waals surface area contributed by atoms with E-state index < -0.39 is 16.2 Å². The fraction of sp³-hybridized carbons (Fsp3) is 0.500. The molecule has 7 heteroatoms. The van der Waals surface area contributed by atoms with Crippen LogP contribution in [0.15, 0.2) is 24.3 Å². The second-order valence-corrected chi connectivity index (χ2v) is 7.20. The fourth-order valence-electron chi connectivity index (χ4n) is 2.53. The molecule has 1 unspecified atom stereocenters. The number of fused-ring (bicyclic) bond motifs is 1. The number of carboxylic acids is 1. The van der Waals surface area contributed by atoms with Gasteiger partial charge in [-0.3, -0.25) is 9.10 Å². The highest BCUT2D eigenvalue weighted by molar-refractivity contribution is 7.90. The summed E-state index contributed by atoms with van der Waals surface area (Å²) < 4.78 is 28.0. The Morgan fingerprint density at radius 1 is 1.43 bits per heavy atom. The van der Waals surface area contributed by atoms with E-state index in [1.165, 1.54) is 11.4 Å². The maximum Gasteiger partial charge on any atom is 0.304 e. The molecule has 1 N–H and O–H groups in total. The average molecular weight is 312 g/mol. The molecular formula is C14H20N2O4S. The highest BCUT2D eigenvalue weighted by Gasteiger charge is 2.35. The Labute approximate surface area is 125 Å². The summed E-state index contributed by atoms with van der Waals surface area (Å²) in [7, 11) is -2.30. The molecule has 0 spiro atoms. The molecule has 0 aromatic heterocycles. The fourth-order valence-corrected chi connectivity index (χ4v) is 4.14. The van der Waals surface area contributed by atoms with Crippen molar-refractivity contribution in [2.45, 2.75) is 32.2 Å². The molecule has 1 aromatic rings. The molecule has 0 fully saturated rings. The molecule has 0 saturated carbocycles. The van der Waals surface area contributed by atoms with Crippen molar-refractivity contribution in [3.8, 4) is 0 Å². The van der Waals surface area contributed by atoms with E-state index in [1.807, 2.05) is 25.1 Å². The van der Waals surface area contributed by atoms with E-state index in [4.69, 9.17) is 5.11 Å². The Morgan fingerprint density at radius 3 is 2.76 bits per heavy atom. The predicted octanol–water partition coefficient (Wildman–Crippen LogP) is 1.48. The van der Waals surface area contributed by atoms with Crippen LogP contribution in [0.4, 0.5) is 5.69 Å². The van der Waals surface area contributed by atoms with Gasteiger partial charge in [0.2, 0.25) is 0 Å². The maximum atomic E-state index is 12.7. The van der Waals surface area contributed by atoms with Gasteiger partial charge >= 0.3 is 16.2 Å². The van der Waals surface area contributed by atoms with Gasteiger partial charge in [0, 0.05) is 19.6 Å². The second-order valence-electron chi connectivity index (χ2n) is 5.29. The third-order valence-electron chi connectivity index (χ3n) is 3.74. The molecular weight excluding hydrogens is 292 g/mol. The smallest absolute Gasteiger partial charge is 0.304 e. The summed E-state index contributed by atoms with van der Waals surface area (Å²) >= 11 is 0. The van der Waals surface area contributed by atoms with Gasteiger partial charge in [0.05, 0.1) is 12.1 Å². The quantitative estimate of drug-likeness (QED) is 0.893. The zero-order chi connectivity index (χ0) is 15.6. The minimum atomic E-state index is -3.72. The number of carboxylic acid groups (broad SMARTS) is 1. The molecule has 0 amide bonds. The highest BCUT2D eigenvalue weighted by atomic mass is 32.2. The van der Waals surface area contributed by atoms with E-state index in [0.29, 0.717) is 5.69 Å². The Bertz CT molecular complexity index is 630.